The molecule has 1 aliphatic heterocycles. The van der Waals surface area contributed by atoms with Gasteiger partial charge in [-0.2, -0.15) is 0 Å². The Bertz CT molecular complexity index is 1980. The van der Waals surface area contributed by atoms with E-state index < -0.39 is 66.8 Å². The lowest BCUT2D eigenvalue weighted by Gasteiger charge is -2.32. The molecule has 9 N–H and O–H groups in total. The standard InChI is InChI=1S/C42H58BrN9O15/c43-33-10-6-29(22-44-33)23-52(12-2-1-3-31(40(63)64)46-42(67)47-32(41(65)66)9-11-35(54)55)39(62)30-7-4-28(5-8-30)21-45-34(53)24-48-13-15-49(25-36(56)57)17-19-51(27-38(60)61)20-18-50(16-14-48)26-37(58)59/h4-8,10,22,31-32H,1-3,9,11-21,23-27H2,(H,45,53)(H,54,55)(H,56,57)(H,58,59)(H,60,61)(H,63,64)(H,65,66)(H2,46,47,67)/t31-,32-/m1/s1. The number of hydrogen-bond acceptors (Lipinski definition) is 14. The number of carbonyl (C=O) groups is 9. The van der Waals surface area contributed by atoms with Gasteiger partial charge in [-0.3, -0.25) is 48.4 Å². The van der Waals surface area contributed by atoms with Crippen molar-refractivity contribution in [2.24, 2.45) is 0 Å². The van der Waals surface area contributed by atoms with Gasteiger partial charge >= 0.3 is 41.8 Å². The number of carboxylic acids is 6. The summed E-state index contributed by atoms with van der Waals surface area (Å²) in [6, 6.07) is 5.98. The lowest BCUT2D eigenvalue weighted by atomic mass is 10.1. The van der Waals surface area contributed by atoms with Crippen LogP contribution in [0.1, 0.15) is 53.6 Å². The molecule has 368 valence electrons. The van der Waals surface area contributed by atoms with Crippen LogP contribution in [0.2, 0.25) is 0 Å². The molecule has 1 aromatic heterocycles. The fourth-order valence-corrected chi connectivity index (χ4v) is 7.19. The summed E-state index contributed by atoms with van der Waals surface area (Å²) in [6.45, 7) is 1.44. The molecule has 25 heteroatoms. The van der Waals surface area contributed by atoms with Gasteiger partial charge < -0.3 is 51.5 Å². The van der Waals surface area contributed by atoms with E-state index in [9.17, 15) is 68.7 Å². The van der Waals surface area contributed by atoms with Gasteiger partial charge in [0.2, 0.25) is 5.91 Å². The van der Waals surface area contributed by atoms with Crippen molar-refractivity contribution >= 4 is 69.6 Å². The van der Waals surface area contributed by atoms with Crippen molar-refractivity contribution in [1.82, 2.24) is 45.4 Å². The fraction of sp³-hybridized carbons (Fsp3) is 0.524. The van der Waals surface area contributed by atoms with Crippen molar-refractivity contribution in [3.8, 4) is 0 Å². The maximum atomic E-state index is 13.9. The molecule has 4 amide bonds. The predicted octanol–water partition coefficient (Wildman–Crippen LogP) is -0.181. The third-order valence-electron chi connectivity index (χ3n) is 10.5. The second kappa shape index (κ2) is 28.7. The van der Waals surface area contributed by atoms with Gasteiger partial charge in [0.05, 0.1) is 26.2 Å². The van der Waals surface area contributed by atoms with Crippen molar-refractivity contribution < 1.29 is 73.8 Å². The quantitative estimate of drug-likeness (QED) is 0.0460. The van der Waals surface area contributed by atoms with Crippen LogP contribution in [0.5, 0.6) is 0 Å². The molecule has 0 unspecified atom stereocenters. The molecule has 67 heavy (non-hydrogen) atoms. The molecule has 1 saturated heterocycles. The number of amides is 4. The van der Waals surface area contributed by atoms with Crippen LogP contribution in [-0.2, 0) is 46.7 Å². The van der Waals surface area contributed by atoms with Gasteiger partial charge in [-0.25, -0.2) is 19.4 Å². The zero-order valence-electron chi connectivity index (χ0n) is 36.8. The van der Waals surface area contributed by atoms with E-state index in [1.165, 1.54) is 0 Å². The number of halogens is 1. The van der Waals surface area contributed by atoms with Gasteiger partial charge in [0.25, 0.3) is 5.91 Å². The minimum absolute atomic E-state index is 0.0724. The average Bonchev–Trinajstić information content (AvgIpc) is 3.25. The third kappa shape index (κ3) is 22.2. The highest BCUT2D eigenvalue weighted by Gasteiger charge is 2.26. The first-order valence-corrected chi connectivity index (χ1v) is 22.1. The average molecular weight is 1010 g/mol. The Morgan fingerprint density at radius 3 is 1.49 bits per heavy atom. The molecule has 2 aromatic rings. The molecule has 0 aliphatic carbocycles. The topological polar surface area (TPSA) is 340 Å². The number of unbranched alkanes of at least 4 members (excludes halogenated alkanes) is 1. The number of benzene rings is 1. The molecule has 0 bridgehead atoms. The summed E-state index contributed by atoms with van der Waals surface area (Å²) in [7, 11) is 0. The number of rotatable bonds is 25. The smallest absolute Gasteiger partial charge is 0.326 e. The van der Waals surface area contributed by atoms with Crippen LogP contribution in [0.25, 0.3) is 0 Å². The molecule has 1 aliphatic rings. The van der Waals surface area contributed by atoms with Crippen molar-refractivity contribution in [2.75, 3.05) is 85.1 Å². The summed E-state index contributed by atoms with van der Waals surface area (Å²) in [5, 5.41) is 63.4. The number of hydrogen-bond donors (Lipinski definition) is 9. The lowest BCUT2D eigenvalue weighted by Crippen LogP contribution is -2.51. The van der Waals surface area contributed by atoms with E-state index >= 15 is 0 Å². The van der Waals surface area contributed by atoms with Crippen molar-refractivity contribution in [3.05, 3.63) is 63.9 Å². The van der Waals surface area contributed by atoms with Crippen LogP contribution in [-0.4, -0.2) is 211 Å². The number of nitrogens with one attached hydrogen (secondary N) is 3. The van der Waals surface area contributed by atoms with Crippen LogP contribution >= 0.6 is 15.9 Å². The zero-order chi connectivity index (χ0) is 49.5. The fourth-order valence-electron chi connectivity index (χ4n) is 6.96. The van der Waals surface area contributed by atoms with E-state index in [1.54, 1.807) is 67.1 Å². The van der Waals surface area contributed by atoms with Crippen LogP contribution in [0.15, 0.2) is 47.2 Å². The molecule has 2 heterocycles. The van der Waals surface area contributed by atoms with Gasteiger partial charge in [0.15, 0.2) is 0 Å². The molecule has 0 saturated carbocycles. The molecule has 0 spiro atoms. The molecular weight excluding hydrogens is 950 g/mol. The number of aliphatic carboxylic acids is 6. The highest BCUT2D eigenvalue weighted by molar-refractivity contribution is 9.10. The maximum Gasteiger partial charge on any atom is 0.326 e. The number of carboxylic acid groups (broad SMARTS) is 6. The van der Waals surface area contributed by atoms with E-state index in [0.29, 0.717) is 27.7 Å². The first kappa shape index (κ1) is 55.1. The van der Waals surface area contributed by atoms with Gasteiger partial charge in [-0.05, 0) is 70.9 Å². The van der Waals surface area contributed by atoms with E-state index in [1.807, 2.05) is 0 Å². The highest BCUT2D eigenvalue weighted by atomic mass is 79.9. The Kier molecular flexibility index (Phi) is 23.6. The molecule has 1 aromatic carbocycles. The first-order valence-electron chi connectivity index (χ1n) is 21.3. The number of carbonyl (C=O) groups excluding carboxylic acids is 3. The first-order chi connectivity index (χ1) is 31.8. The van der Waals surface area contributed by atoms with E-state index in [0.717, 1.165) is 0 Å². The number of urea groups is 1. The van der Waals surface area contributed by atoms with Crippen LogP contribution < -0.4 is 16.0 Å². The molecular formula is C42H58BrN9O15. The zero-order valence-corrected chi connectivity index (χ0v) is 38.3. The Labute approximate surface area is 394 Å². The summed E-state index contributed by atoms with van der Waals surface area (Å²) < 4.78 is 0.584. The van der Waals surface area contributed by atoms with Crippen LogP contribution in [0.3, 0.4) is 0 Å². The summed E-state index contributed by atoms with van der Waals surface area (Å²) in [4.78, 5) is 121. The summed E-state index contributed by atoms with van der Waals surface area (Å²) in [5.74, 6) is -8.03. The molecule has 3 rings (SSSR count). The highest BCUT2D eigenvalue weighted by Crippen LogP contribution is 2.15. The van der Waals surface area contributed by atoms with Crippen molar-refractivity contribution in [2.45, 2.75) is 57.3 Å². The third-order valence-corrected chi connectivity index (χ3v) is 11.0. The molecule has 1 fully saturated rings. The number of nitrogens with zero attached hydrogens (tertiary/aromatic N) is 6. The Morgan fingerprint density at radius 1 is 0.597 bits per heavy atom. The maximum absolute atomic E-state index is 13.9. The molecule has 24 nitrogen and oxygen atoms in total. The second-order valence-electron chi connectivity index (χ2n) is 15.8. The monoisotopic (exact) mass is 1010 g/mol. The van der Waals surface area contributed by atoms with E-state index in [-0.39, 0.29) is 123 Å². The van der Waals surface area contributed by atoms with Crippen molar-refractivity contribution in [3.63, 3.8) is 0 Å². The second-order valence-corrected chi connectivity index (χ2v) is 16.6. The Hall–Kier alpha value is -6.28. The molecule has 2 atom stereocenters. The Balaban J connectivity index is 1.64. The summed E-state index contributed by atoms with van der Waals surface area (Å²) in [6.07, 6.45) is 1.11. The molecule has 0 radical (unpaired) electrons. The largest absolute Gasteiger partial charge is 0.481 e. The normalized spacial score (nSPS) is 15.4. The summed E-state index contributed by atoms with van der Waals surface area (Å²) in [5.41, 5.74) is 1.69. The van der Waals surface area contributed by atoms with Gasteiger partial charge in [0, 0.05) is 90.2 Å². The minimum atomic E-state index is -1.55. The van der Waals surface area contributed by atoms with E-state index in [4.69, 9.17) is 5.11 Å². The SMILES string of the molecule is O=C(O)CC[C@@H](NC(=O)N[C@H](CCCCN(Cc1ccc(Br)nc1)C(=O)c1ccc(CNC(=O)CN2CCN(CC(=O)O)CCN(CC(=O)O)CCN(CC(=O)O)CC2)cc1)C(=O)O)C(=O)O. The predicted molar refractivity (Wildman–Crippen MR) is 239 cm³/mol. The van der Waals surface area contributed by atoms with Crippen molar-refractivity contribution in [1.29, 1.82) is 0 Å². The lowest BCUT2D eigenvalue weighted by molar-refractivity contribution is -0.141. The van der Waals surface area contributed by atoms with Gasteiger partial charge in [-0.1, -0.05) is 18.2 Å². The van der Waals surface area contributed by atoms with Crippen LogP contribution in [0.4, 0.5) is 4.79 Å². The number of pyridine rings is 1. The van der Waals surface area contributed by atoms with E-state index in [2.05, 4.69) is 36.9 Å². The number of aromatic nitrogens is 1. The minimum Gasteiger partial charge on any atom is -0.481 e. The Morgan fingerprint density at radius 2 is 1.06 bits per heavy atom. The van der Waals surface area contributed by atoms with Gasteiger partial charge in [0.1, 0.15) is 16.7 Å². The summed E-state index contributed by atoms with van der Waals surface area (Å²) >= 11 is 3.29. The van der Waals surface area contributed by atoms with Crippen LogP contribution in [0, 0.1) is 0 Å². The van der Waals surface area contributed by atoms with Gasteiger partial charge in [-0.15, -0.1) is 0 Å².